The summed E-state index contributed by atoms with van der Waals surface area (Å²) in [6.45, 7) is 3.25. The highest BCUT2D eigenvalue weighted by molar-refractivity contribution is 7.92. The molecule has 0 saturated heterocycles. The van der Waals surface area contributed by atoms with E-state index in [1.54, 1.807) is 56.3 Å². The van der Waals surface area contributed by atoms with Crippen LogP contribution in [0.25, 0.3) is 0 Å². The number of hydrogen-bond donors (Lipinski definition) is 2. The van der Waals surface area contributed by atoms with Crippen LogP contribution in [0.4, 0.5) is 23.1 Å². The predicted octanol–water partition coefficient (Wildman–Crippen LogP) is 6.11. The molecule has 0 saturated carbocycles. The number of sulfone groups is 1. The van der Waals surface area contributed by atoms with Crippen molar-refractivity contribution in [2.24, 2.45) is 0 Å². The largest absolute Gasteiger partial charge is 0.338 e. The third-order valence-electron chi connectivity index (χ3n) is 3.93. The van der Waals surface area contributed by atoms with Crippen LogP contribution >= 0.6 is 34.8 Å². The molecule has 1 aromatic heterocycles. The number of benzene rings is 2. The van der Waals surface area contributed by atoms with E-state index >= 15 is 0 Å². The summed E-state index contributed by atoms with van der Waals surface area (Å²) in [6.07, 6.45) is 1.41. The fourth-order valence-electron chi connectivity index (χ4n) is 2.47. The molecule has 0 aliphatic rings. The van der Waals surface area contributed by atoms with Crippen LogP contribution in [0.3, 0.4) is 0 Å². The SMILES string of the molecule is CC(C)S(=O)(=O)c1ccccc1Nc1nc(Nc2cc(Cl)cc(Cl)c2)ncc1Cl. The van der Waals surface area contributed by atoms with Crippen LogP contribution in [-0.4, -0.2) is 23.6 Å². The van der Waals surface area contributed by atoms with Crippen LogP contribution in [0.2, 0.25) is 15.1 Å². The second-order valence-electron chi connectivity index (χ2n) is 6.39. The van der Waals surface area contributed by atoms with Crippen LogP contribution in [0, 0.1) is 0 Å². The first-order valence-electron chi connectivity index (χ1n) is 8.52. The molecule has 6 nitrogen and oxygen atoms in total. The van der Waals surface area contributed by atoms with Gasteiger partial charge in [0, 0.05) is 15.7 Å². The summed E-state index contributed by atoms with van der Waals surface area (Å²) in [4.78, 5) is 8.65. The smallest absolute Gasteiger partial charge is 0.229 e. The van der Waals surface area contributed by atoms with Gasteiger partial charge in [-0.25, -0.2) is 13.4 Å². The lowest BCUT2D eigenvalue weighted by molar-refractivity contribution is 0.588. The fraction of sp³-hybridized carbons (Fsp3) is 0.158. The van der Waals surface area contributed by atoms with E-state index in [4.69, 9.17) is 34.8 Å². The minimum absolute atomic E-state index is 0.167. The van der Waals surface area contributed by atoms with E-state index < -0.39 is 15.1 Å². The lowest BCUT2D eigenvalue weighted by Gasteiger charge is -2.15. The Morgan fingerprint density at radius 3 is 2.28 bits per heavy atom. The molecule has 152 valence electrons. The number of para-hydroxylation sites is 1. The Kier molecular flexibility index (Phi) is 6.53. The highest BCUT2D eigenvalue weighted by Gasteiger charge is 2.23. The number of nitrogens with zero attached hydrogens (tertiary/aromatic N) is 2. The number of rotatable bonds is 6. The molecule has 0 amide bonds. The highest BCUT2D eigenvalue weighted by Crippen LogP contribution is 2.31. The zero-order valence-corrected chi connectivity index (χ0v) is 18.5. The summed E-state index contributed by atoms with van der Waals surface area (Å²) in [7, 11) is -3.50. The van der Waals surface area contributed by atoms with Crippen LogP contribution in [-0.2, 0) is 9.84 Å². The Labute approximate surface area is 184 Å². The van der Waals surface area contributed by atoms with Crippen LogP contribution < -0.4 is 10.6 Å². The fourth-order valence-corrected chi connectivity index (χ4v) is 4.34. The zero-order chi connectivity index (χ0) is 21.2. The van der Waals surface area contributed by atoms with Gasteiger partial charge in [0.15, 0.2) is 15.7 Å². The standard InChI is InChI=1S/C19H17Cl3N4O2S/c1-11(2)29(27,28)17-6-4-3-5-16(17)25-18-15(22)10-23-19(26-18)24-14-8-12(20)7-13(21)9-14/h3-11H,1-2H3,(H2,23,24,25,26). The summed E-state index contributed by atoms with van der Waals surface area (Å²) in [5.41, 5.74) is 0.970. The third-order valence-corrected chi connectivity index (χ3v) is 6.85. The first kappa shape index (κ1) is 21.6. The van der Waals surface area contributed by atoms with Gasteiger partial charge in [0.25, 0.3) is 0 Å². The van der Waals surface area contributed by atoms with Crippen LogP contribution in [0.1, 0.15) is 13.8 Å². The maximum absolute atomic E-state index is 12.7. The molecule has 1 heterocycles. The lowest BCUT2D eigenvalue weighted by Crippen LogP contribution is -2.15. The number of hydrogen-bond acceptors (Lipinski definition) is 6. The molecule has 0 fully saturated rings. The van der Waals surface area contributed by atoms with E-state index in [1.165, 1.54) is 6.20 Å². The van der Waals surface area contributed by atoms with E-state index in [2.05, 4.69) is 20.6 Å². The number of anilines is 4. The van der Waals surface area contributed by atoms with E-state index in [9.17, 15) is 8.42 Å². The molecule has 10 heteroatoms. The highest BCUT2D eigenvalue weighted by atomic mass is 35.5. The molecule has 0 aliphatic heterocycles. The third kappa shape index (κ3) is 5.11. The number of aromatic nitrogens is 2. The summed E-state index contributed by atoms with van der Waals surface area (Å²) in [5.74, 6) is 0.489. The Bertz CT molecular complexity index is 1130. The lowest BCUT2D eigenvalue weighted by atomic mass is 10.3. The van der Waals surface area contributed by atoms with Crippen molar-refractivity contribution in [3.05, 3.63) is 63.7 Å². The quantitative estimate of drug-likeness (QED) is 0.451. The molecule has 2 aromatic carbocycles. The van der Waals surface area contributed by atoms with E-state index in [-0.39, 0.29) is 21.7 Å². The Hall–Kier alpha value is -2.06. The molecule has 0 atom stereocenters. The Balaban J connectivity index is 1.94. The van der Waals surface area contributed by atoms with Crippen molar-refractivity contribution >= 4 is 67.8 Å². The molecular formula is C19H17Cl3N4O2S. The maximum Gasteiger partial charge on any atom is 0.229 e. The summed E-state index contributed by atoms with van der Waals surface area (Å²) >= 11 is 18.2. The zero-order valence-electron chi connectivity index (χ0n) is 15.4. The van der Waals surface area contributed by atoms with Gasteiger partial charge in [-0.3, -0.25) is 0 Å². The Morgan fingerprint density at radius 2 is 1.62 bits per heavy atom. The first-order chi connectivity index (χ1) is 13.7. The molecule has 3 rings (SSSR count). The van der Waals surface area contributed by atoms with Crippen molar-refractivity contribution in [3.8, 4) is 0 Å². The topological polar surface area (TPSA) is 84.0 Å². The van der Waals surface area contributed by atoms with Crippen molar-refractivity contribution in [2.45, 2.75) is 24.0 Å². The van der Waals surface area contributed by atoms with E-state index in [0.717, 1.165) is 0 Å². The van der Waals surface area contributed by atoms with Crippen molar-refractivity contribution in [1.29, 1.82) is 0 Å². The summed E-state index contributed by atoms with van der Waals surface area (Å²) in [6, 6.07) is 11.5. The molecule has 0 aliphatic carbocycles. The maximum atomic E-state index is 12.7. The van der Waals surface area contributed by atoms with Gasteiger partial charge in [0.1, 0.15) is 5.02 Å². The number of halogens is 3. The summed E-state index contributed by atoms with van der Waals surface area (Å²) < 4.78 is 25.3. The molecule has 3 aromatic rings. The average Bonchev–Trinajstić information content (AvgIpc) is 2.64. The van der Waals surface area contributed by atoms with Crippen molar-refractivity contribution < 1.29 is 8.42 Å². The van der Waals surface area contributed by atoms with E-state index in [0.29, 0.717) is 21.4 Å². The van der Waals surface area contributed by atoms with Gasteiger partial charge < -0.3 is 10.6 Å². The Morgan fingerprint density at radius 1 is 0.966 bits per heavy atom. The van der Waals surface area contributed by atoms with Gasteiger partial charge >= 0.3 is 0 Å². The van der Waals surface area contributed by atoms with Gasteiger partial charge in [-0.15, -0.1) is 0 Å². The van der Waals surface area contributed by atoms with Gasteiger partial charge in [-0.2, -0.15) is 4.98 Å². The van der Waals surface area contributed by atoms with Crippen molar-refractivity contribution in [1.82, 2.24) is 9.97 Å². The van der Waals surface area contributed by atoms with Crippen molar-refractivity contribution in [2.75, 3.05) is 10.6 Å². The van der Waals surface area contributed by atoms with Gasteiger partial charge in [-0.05, 0) is 44.2 Å². The normalized spacial score (nSPS) is 11.5. The van der Waals surface area contributed by atoms with Crippen LogP contribution in [0.5, 0.6) is 0 Å². The monoisotopic (exact) mass is 470 g/mol. The van der Waals surface area contributed by atoms with Crippen LogP contribution in [0.15, 0.2) is 53.6 Å². The summed E-state index contributed by atoms with van der Waals surface area (Å²) in [5, 5.41) is 6.57. The second-order valence-corrected chi connectivity index (χ2v) is 10.1. The molecule has 0 radical (unpaired) electrons. The van der Waals surface area contributed by atoms with Gasteiger partial charge in [0.2, 0.25) is 5.95 Å². The first-order valence-corrected chi connectivity index (χ1v) is 11.2. The van der Waals surface area contributed by atoms with E-state index in [1.807, 2.05) is 0 Å². The molecule has 2 N–H and O–H groups in total. The second kappa shape index (κ2) is 8.75. The molecule has 29 heavy (non-hydrogen) atoms. The van der Waals surface area contributed by atoms with Gasteiger partial charge in [-0.1, -0.05) is 46.9 Å². The minimum atomic E-state index is -3.50. The molecule has 0 spiro atoms. The molecular weight excluding hydrogens is 455 g/mol. The minimum Gasteiger partial charge on any atom is -0.338 e. The molecule has 0 bridgehead atoms. The van der Waals surface area contributed by atoms with Gasteiger partial charge in [0.05, 0.1) is 22.0 Å². The average molecular weight is 472 g/mol. The number of nitrogens with one attached hydrogen (secondary N) is 2. The molecule has 0 unspecified atom stereocenters. The van der Waals surface area contributed by atoms with Crippen molar-refractivity contribution in [3.63, 3.8) is 0 Å². The predicted molar refractivity (Wildman–Crippen MR) is 119 cm³/mol.